The van der Waals surface area contributed by atoms with E-state index in [9.17, 15) is 9.59 Å². The number of ether oxygens (including phenoxy) is 2. The van der Waals surface area contributed by atoms with Gasteiger partial charge in [-0.25, -0.2) is 0 Å². The van der Waals surface area contributed by atoms with Crippen LogP contribution in [0.4, 0.5) is 0 Å². The maximum absolute atomic E-state index is 10.0. The van der Waals surface area contributed by atoms with E-state index in [0.29, 0.717) is 0 Å². The number of carboxylic acid groups (broad SMARTS) is 2. The summed E-state index contributed by atoms with van der Waals surface area (Å²) in [7, 11) is 0. The molecule has 0 aromatic rings. The molecule has 0 fully saturated rings. The minimum Gasteiger partial charge on any atom is -0.481 e. The second kappa shape index (κ2) is 21.8. The molecule has 0 bridgehead atoms. The Hall–Kier alpha value is -2.46. The molecule has 0 spiro atoms. The highest BCUT2D eigenvalue weighted by Gasteiger charge is 2.02. The molecule has 1 atom stereocenters. The molecular formula is C13H24O10. The van der Waals surface area contributed by atoms with E-state index >= 15 is 0 Å². The van der Waals surface area contributed by atoms with Crippen molar-refractivity contribution in [1.29, 1.82) is 0 Å². The number of aliphatic hydroxyl groups is 2. The summed E-state index contributed by atoms with van der Waals surface area (Å²) < 4.78 is 8.51. The lowest BCUT2D eigenvalue weighted by Crippen LogP contribution is -2.20. The minimum atomic E-state index is -0.950. The van der Waals surface area contributed by atoms with Gasteiger partial charge in [0.15, 0.2) is 0 Å². The van der Waals surface area contributed by atoms with Crippen molar-refractivity contribution in [2.75, 3.05) is 13.2 Å². The molecule has 0 aliphatic rings. The smallest absolute Gasteiger partial charge is 0.307 e. The summed E-state index contributed by atoms with van der Waals surface area (Å²) in [5.74, 6) is -2.45. The van der Waals surface area contributed by atoms with Crippen LogP contribution in [0.15, 0.2) is 12.8 Å². The molecule has 0 saturated heterocycles. The summed E-state index contributed by atoms with van der Waals surface area (Å²) in [6, 6.07) is 0. The van der Waals surface area contributed by atoms with E-state index in [0.717, 1.165) is 20.1 Å². The van der Waals surface area contributed by atoms with Gasteiger partial charge in [0.25, 0.3) is 11.9 Å². The average Bonchev–Trinajstić information content (AvgIpc) is 2.35. The van der Waals surface area contributed by atoms with Crippen molar-refractivity contribution >= 4 is 23.9 Å². The quantitative estimate of drug-likeness (QED) is 0.396. The van der Waals surface area contributed by atoms with E-state index in [1.54, 1.807) is 0 Å². The Morgan fingerprint density at radius 2 is 1.35 bits per heavy atom. The van der Waals surface area contributed by atoms with Crippen molar-refractivity contribution in [3.63, 3.8) is 0 Å². The highest BCUT2D eigenvalue weighted by atomic mass is 16.5. The number of carbonyl (C=O) groups is 4. The van der Waals surface area contributed by atoms with Crippen LogP contribution in [0.5, 0.6) is 0 Å². The number of rotatable bonds is 4. The van der Waals surface area contributed by atoms with Crippen molar-refractivity contribution in [3.8, 4) is 0 Å². The molecule has 0 saturated carbocycles. The van der Waals surface area contributed by atoms with Crippen molar-refractivity contribution in [1.82, 2.24) is 0 Å². The zero-order valence-corrected chi connectivity index (χ0v) is 13.5. The first-order chi connectivity index (χ1) is 10.4. The van der Waals surface area contributed by atoms with Gasteiger partial charge in [0.05, 0.1) is 12.9 Å². The molecule has 0 aromatic carbocycles. The highest BCUT2D eigenvalue weighted by molar-refractivity contribution is 5.66. The minimum absolute atomic E-state index is 0.133. The predicted molar refractivity (Wildman–Crippen MR) is 78.3 cm³/mol. The van der Waals surface area contributed by atoms with Crippen LogP contribution in [0.2, 0.25) is 0 Å². The Kier molecular flexibility index (Phi) is 27.2. The third kappa shape index (κ3) is 106. The number of aliphatic carboxylic acids is 2. The Labute approximate surface area is 133 Å². The molecule has 0 heterocycles. The molecule has 0 amide bonds. The van der Waals surface area contributed by atoms with Gasteiger partial charge in [0, 0.05) is 27.7 Å². The number of hydrogen-bond donors (Lipinski definition) is 4. The van der Waals surface area contributed by atoms with E-state index in [4.69, 9.17) is 30.0 Å². The Balaban J connectivity index is -0.000000112. The van der Waals surface area contributed by atoms with E-state index in [1.807, 2.05) is 0 Å². The summed E-state index contributed by atoms with van der Waals surface area (Å²) in [4.78, 5) is 37.8. The Morgan fingerprint density at radius 1 is 1.00 bits per heavy atom. The Bertz CT molecular complexity index is 331. The SMILES string of the molecule is C=COC(C)=O.CC(=O)O.CC(=O)O.CC(=O)OCC(O)CO. The van der Waals surface area contributed by atoms with E-state index in [-0.39, 0.29) is 19.2 Å². The van der Waals surface area contributed by atoms with Crippen LogP contribution in [-0.4, -0.2) is 63.6 Å². The van der Waals surface area contributed by atoms with Crippen LogP contribution in [0.25, 0.3) is 0 Å². The average molecular weight is 340 g/mol. The maximum Gasteiger partial charge on any atom is 0.307 e. The molecule has 10 nitrogen and oxygen atoms in total. The fraction of sp³-hybridized carbons (Fsp3) is 0.538. The fourth-order valence-electron chi connectivity index (χ4n) is 0.384. The number of carboxylic acids is 2. The van der Waals surface area contributed by atoms with Gasteiger partial charge in [-0.1, -0.05) is 6.58 Å². The number of hydrogen-bond acceptors (Lipinski definition) is 8. The largest absolute Gasteiger partial charge is 0.481 e. The molecule has 0 rings (SSSR count). The number of carbonyl (C=O) groups excluding carboxylic acids is 2. The van der Waals surface area contributed by atoms with Crippen LogP contribution in [0.3, 0.4) is 0 Å². The second-order valence-corrected chi connectivity index (χ2v) is 3.45. The first-order valence-corrected chi connectivity index (χ1v) is 6.00. The lowest BCUT2D eigenvalue weighted by molar-refractivity contribution is -0.144. The summed E-state index contributed by atoms with van der Waals surface area (Å²) in [6.07, 6.45) is 0.149. The maximum atomic E-state index is 10.0. The molecule has 4 N–H and O–H groups in total. The van der Waals surface area contributed by atoms with Crippen molar-refractivity contribution in [3.05, 3.63) is 12.8 Å². The van der Waals surface area contributed by atoms with Gasteiger partial charge in [-0.15, -0.1) is 0 Å². The molecule has 0 aliphatic carbocycles. The lowest BCUT2D eigenvalue weighted by atomic mass is 10.4. The first kappa shape index (κ1) is 28.7. The molecule has 0 aromatic heterocycles. The van der Waals surface area contributed by atoms with Crippen LogP contribution >= 0.6 is 0 Å². The molecule has 0 aliphatic heterocycles. The van der Waals surface area contributed by atoms with Crippen LogP contribution in [-0.2, 0) is 28.7 Å². The lowest BCUT2D eigenvalue weighted by Gasteiger charge is -2.05. The fourth-order valence-corrected chi connectivity index (χ4v) is 0.384. The Morgan fingerprint density at radius 3 is 1.48 bits per heavy atom. The van der Waals surface area contributed by atoms with Gasteiger partial charge in [0.1, 0.15) is 12.7 Å². The topological polar surface area (TPSA) is 168 Å². The third-order valence-corrected chi connectivity index (χ3v) is 0.939. The zero-order chi connectivity index (χ0) is 19.4. The third-order valence-electron chi connectivity index (χ3n) is 0.939. The van der Waals surface area contributed by atoms with E-state index in [2.05, 4.69) is 16.1 Å². The van der Waals surface area contributed by atoms with Crippen molar-refractivity contribution in [2.45, 2.75) is 33.8 Å². The van der Waals surface area contributed by atoms with Crippen LogP contribution < -0.4 is 0 Å². The first-order valence-electron chi connectivity index (χ1n) is 6.00. The number of esters is 2. The summed E-state index contributed by atoms with van der Waals surface area (Å²) in [6.45, 7) is 7.37. The van der Waals surface area contributed by atoms with Gasteiger partial charge in [0.2, 0.25) is 0 Å². The van der Waals surface area contributed by atoms with Gasteiger partial charge >= 0.3 is 11.9 Å². The van der Waals surface area contributed by atoms with Gasteiger partial charge < -0.3 is 29.9 Å². The molecule has 10 heteroatoms. The highest BCUT2D eigenvalue weighted by Crippen LogP contribution is 1.83. The second-order valence-electron chi connectivity index (χ2n) is 3.45. The normalized spacial score (nSPS) is 8.96. The summed E-state index contributed by atoms with van der Waals surface area (Å²) >= 11 is 0. The predicted octanol–water partition coefficient (Wildman–Crippen LogP) is -0.222. The summed E-state index contributed by atoms with van der Waals surface area (Å²) in [5, 5.41) is 31.6. The molecule has 136 valence electrons. The molecule has 0 radical (unpaired) electrons. The monoisotopic (exact) mass is 340 g/mol. The standard InChI is InChI=1S/C5H10O4.C4H6O2.2C2H4O2/c1-4(7)9-3-5(8)2-6;1-3-6-4(2)5;2*1-2(3)4/h5-6,8H,2-3H2,1H3;3H,1H2,2H3;2*1H3,(H,3,4). The van der Waals surface area contributed by atoms with E-state index < -0.39 is 24.0 Å². The van der Waals surface area contributed by atoms with Crippen molar-refractivity contribution in [2.24, 2.45) is 0 Å². The van der Waals surface area contributed by atoms with Crippen LogP contribution in [0.1, 0.15) is 27.7 Å². The van der Waals surface area contributed by atoms with Crippen LogP contribution in [0, 0.1) is 0 Å². The zero-order valence-electron chi connectivity index (χ0n) is 13.5. The molecule has 1 unspecified atom stereocenters. The molecular weight excluding hydrogens is 316 g/mol. The summed E-state index contributed by atoms with van der Waals surface area (Å²) in [5.41, 5.74) is 0. The molecule has 23 heavy (non-hydrogen) atoms. The van der Waals surface area contributed by atoms with Crippen molar-refractivity contribution < 1.29 is 49.1 Å². The van der Waals surface area contributed by atoms with E-state index in [1.165, 1.54) is 13.8 Å². The van der Waals surface area contributed by atoms with Gasteiger partial charge in [-0.3, -0.25) is 19.2 Å². The van der Waals surface area contributed by atoms with Gasteiger partial charge in [-0.05, 0) is 0 Å². The number of aliphatic hydroxyl groups excluding tert-OH is 2. The van der Waals surface area contributed by atoms with Gasteiger partial charge in [-0.2, -0.15) is 0 Å².